The van der Waals surface area contributed by atoms with Crippen LogP contribution in [0.3, 0.4) is 0 Å². The van der Waals surface area contributed by atoms with Crippen LogP contribution in [-0.2, 0) is 0 Å². The second-order valence-corrected chi connectivity index (χ2v) is 0.577. The van der Waals surface area contributed by atoms with E-state index >= 15 is 0 Å². The van der Waals surface area contributed by atoms with Crippen LogP contribution in [0.5, 0.6) is 0 Å². The first-order valence-corrected chi connectivity index (χ1v) is 1.73. The maximum absolute atomic E-state index is 6.08. The summed E-state index contributed by atoms with van der Waals surface area (Å²) >= 11 is 0. The Balaban J connectivity index is -0.0000000400. The maximum Gasteiger partial charge on any atom is -0.00788 e. The molecule has 0 radical (unpaired) electrons. The molecular weight excluding hydrogens is 88.1 g/mol. The van der Waals surface area contributed by atoms with Crippen LogP contribution in [0.1, 0.15) is 21.3 Å². The van der Waals surface area contributed by atoms with Crippen molar-refractivity contribution in [2.75, 3.05) is 0 Å². The zero-order valence-electron chi connectivity index (χ0n) is 4.15. The number of rotatable bonds is 0. The minimum atomic E-state index is 0. The quantitative estimate of drug-likeness (QED) is 0.439. The van der Waals surface area contributed by atoms with E-state index in [1.54, 1.807) is 13.8 Å². The molecule has 0 rings (SSSR count). The molecule has 0 amide bonds. The first kappa shape index (κ1) is 16.2. The Bertz CT molecular complexity index is 27.1. The van der Waals surface area contributed by atoms with Gasteiger partial charge in [0.05, 0.1) is 0 Å². The summed E-state index contributed by atoms with van der Waals surface area (Å²) in [5.74, 6) is 0. The van der Waals surface area contributed by atoms with Gasteiger partial charge in [0, 0.05) is 0 Å². The molecular formula is C5H14N2. The average molecular weight is 102 g/mol. The van der Waals surface area contributed by atoms with Gasteiger partial charge in [-0.3, -0.25) is 0 Å². The lowest BCUT2D eigenvalue weighted by molar-refractivity contribution is 1.55. The van der Waals surface area contributed by atoms with Gasteiger partial charge < -0.3 is 10.8 Å². The van der Waals surface area contributed by atoms with Crippen molar-refractivity contribution < 1.29 is 0 Å². The van der Waals surface area contributed by atoms with E-state index in [1.165, 1.54) is 12.4 Å². The second-order valence-electron chi connectivity index (χ2n) is 0.577. The molecule has 44 valence electrons. The third kappa shape index (κ3) is 137. The second kappa shape index (κ2) is 56.0. The van der Waals surface area contributed by atoms with Gasteiger partial charge in [-0.2, -0.15) is 0 Å². The summed E-state index contributed by atoms with van der Waals surface area (Å²) in [6, 6.07) is 0. The van der Waals surface area contributed by atoms with Crippen molar-refractivity contribution >= 4 is 12.4 Å². The van der Waals surface area contributed by atoms with Crippen LogP contribution in [0.25, 0.3) is 0 Å². The van der Waals surface area contributed by atoms with Gasteiger partial charge in [0.25, 0.3) is 0 Å². The van der Waals surface area contributed by atoms with Crippen molar-refractivity contribution in [2.24, 2.45) is 0 Å². The van der Waals surface area contributed by atoms with Crippen LogP contribution < -0.4 is 0 Å². The fourth-order valence-corrected chi connectivity index (χ4v) is 0. The lowest BCUT2D eigenvalue weighted by Gasteiger charge is -1.30. The van der Waals surface area contributed by atoms with Gasteiger partial charge in [0.2, 0.25) is 0 Å². The molecule has 0 aliphatic rings. The van der Waals surface area contributed by atoms with Crippen LogP contribution in [0, 0.1) is 10.8 Å². The predicted octanol–water partition coefficient (Wildman–Crippen LogP) is 1.95. The smallest absolute Gasteiger partial charge is 0.00788 e. The van der Waals surface area contributed by atoms with Gasteiger partial charge in [0.1, 0.15) is 0 Å². The molecule has 2 N–H and O–H groups in total. The Labute approximate surface area is 45.6 Å². The highest BCUT2D eigenvalue weighted by Crippen LogP contribution is 1.17. The molecule has 0 aromatic heterocycles. The van der Waals surface area contributed by atoms with E-state index in [9.17, 15) is 0 Å². The van der Waals surface area contributed by atoms with Crippen LogP contribution >= 0.6 is 0 Å². The Kier molecular flexibility index (Phi) is 130. The van der Waals surface area contributed by atoms with E-state index in [0.29, 0.717) is 0 Å². The highest BCUT2D eigenvalue weighted by atomic mass is 14.3. The van der Waals surface area contributed by atoms with Crippen molar-refractivity contribution in [3.05, 3.63) is 0 Å². The predicted molar refractivity (Wildman–Crippen MR) is 35.6 cm³/mol. The van der Waals surface area contributed by atoms with Gasteiger partial charge in [-0.1, -0.05) is 7.43 Å². The first-order valence-electron chi connectivity index (χ1n) is 1.73. The van der Waals surface area contributed by atoms with Gasteiger partial charge in [-0.15, -0.1) is 0 Å². The van der Waals surface area contributed by atoms with Crippen LogP contribution in [-0.4, -0.2) is 12.4 Å². The van der Waals surface area contributed by atoms with Crippen molar-refractivity contribution in [1.29, 1.82) is 10.8 Å². The maximum atomic E-state index is 6.08. The molecule has 2 nitrogen and oxygen atoms in total. The summed E-state index contributed by atoms with van der Waals surface area (Å²) in [5.41, 5.74) is 0. The zero-order valence-corrected chi connectivity index (χ0v) is 4.15. The Morgan fingerprint density at radius 3 is 1.00 bits per heavy atom. The Morgan fingerprint density at radius 1 is 1.00 bits per heavy atom. The standard InChI is InChI=1S/2C2H5N.CH4/c2*1-2-3;/h2*2-3H,1H3;1H4. The molecule has 0 saturated heterocycles. The average Bonchev–Trinajstić information content (AvgIpc) is 1.39. The molecule has 7 heavy (non-hydrogen) atoms. The van der Waals surface area contributed by atoms with E-state index < -0.39 is 0 Å². The zero-order chi connectivity index (χ0) is 5.41. The van der Waals surface area contributed by atoms with Crippen LogP contribution in [0.2, 0.25) is 0 Å². The Hall–Kier alpha value is -0.660. The molecule has 0 spiro atoms. The molecule has 0 heterocycles. The van der Waals surface area contributed by atoms with Crippen molar-refractivity contribution in [2.45, 2.75) is 21.3 Å². The molecule has 0 aromatic carbocycles. The summed E-state index contributed by atoms with van der Waals surface area (Å²) < 4.78 is 0. The molecule has 0 aliphatic heterocycles. The van der Waals surface area contributed by atoms with Crippen LogP contribution in [0.15, 0.2) is 0 Å². The van der Waals surface area contributed by atoms with Gasteiger partial charge >= 0.3 is 0 Å². The molecule has 2 heteroatoms. The molecule has 0 atom stereocenters. The molecule has 0 fully saturated rings. The molecule has 0 saturated carbocycles. The van der Waals surface area contributed by atoms with Crippen molar-refractivity contribution in [1.82, 2.24) is 0 Å². The molecule has 0 aliphatic carbocycles. The molecule has 0 unspecified atom stereocenters. The van der Waals surface area contributed by atoms with Gasteiger partial charge in [-0.25, -0.2) is 0 Å². The Morgan fingerprint density at radius 2 is 1.00 bits per heavy atom. The lowest BCUT2D eigenvalue weighted by atomic mass is 10.9. The normalized spacial score (nSPS) is 3.71. The van der Waals surface area contributed by atoms with E-state index in [-0.39, 0.29) is 7.43 Å². The fourth-order valence-electron chi connectivity index (χ4n) is 0. The number of hydrogen-bond donors (Lipinski definition) is 2. The summed E-state index contributed by atoms with van der Waals surface area (Å²) in [5, 5.41) is 12.2. The van der Waals surface area contributed by atoms with Crippen LogP contribution in [0.4, 0.5) is 0 Å². The topological polar surface area (TPSA) is 47.7 Å². The van der Waals surface area contributed by atoms with E-state index in [2.05, 4.69) is 0 Å². The van der Waals surface area contributed by atoms with Gasteiger partial charge in [-0.05, 0) is 26.3 Å². The van der Waals surface area contributed by atoms with Crippen molar-refractivity contribution in [3.63, 3.8) is 0 Å². The van der Waals surface area contributed by atoms with Crippen molar-refractivity contribution in [3.8, 4) is 0 Å². The third-order valence-corrected chi connectivity index (χ3v) is 0. The highest BCUT2D eigenvalue weighted by molar-refractivity contribution is 5.48. The van der Waals surface area contributed by atoms with Gasteiger partial charge in [0.15, 0.2) is 0 Å². The van der Waals surface area contributed by atoms with E-state index in [4.69, 9.17) is 10.8 Å². The summed E-state index contributed by atoms with van der Waals surface area (Å²) in [6.07, 6.45) is 2.50. The lowest BCUT2D eigenvalue weighted by Crippen LogP contribution is -1.32. The fraction of sp³-hybridized carbons (Fsp3) is 0.600. The summed E-state index contributed by atoms with van der Waals surface area (Å²) in [4.78, 5) is 0. The SMILES string of the molecule is C.CC=N.CC=N. The minimum Gasteiger partial charge on any atom is -0.313 e. The van der Waals surface area contributed by atoms with E-state index in [0.717, 1.165) is 0 Å². The highest BCUT2D eigenvalue weighted by Gasteiger charge is 1.17. The summed E-state index contributed by atoms with van der Waals surface area (Å²) in [6.45, 7) is 3.33. The minimum absolute atomic E-state index is 0. The molecule has 0 bridgehead atoms. The number of hydrogen-bond acceptors (Lipinski definition) is 2. The largest absolute Gasteiger partial charge is 0.313 e. The molecule has 0 aromatic rings. The van der Waals surface area contributed by atoms with E-state index in [1.807, 2.05) is 0 Å². The summed E-state index contributed by atoms with van der Waals surface area (Å²) in [7, 11) is 0. The first-order chi connectivity index (χ1) is 2.83. The number of nitrogens with one attached hydrogen (secondary N) is 2. The monoisotopic (exact) mass is 102 g/mol. The third-order valence-electron chi connectivity index (χ3n) is 0.